The van der Waals surface area contributed by atoms with E-state index in [1.807, 2.05) is 22.6 Å². The lowest BCUT2D eigenvalue weighted by Gasteiger charge is -2.09. The Kier molecular flexibility index (Phi) is 4.44. The first-order valence-electron chi connectivity index (χ1n) is 5.70. The molecule has 0 radical (unpaired) electrons. The highest BCUT2D eigenvalue weighted by Gasteiger charge is 2.09. The molecule has 7 heteroatoms. The molecule has 0 saturated heterocycles. The molecule has 1 aromatic heterocycles. The number of hydrogen-bond donors (Lipinski definition) is 1. The van der Waals surface area contributed by atoms with Crippen molar-refractivity contribution in [2.24, 2.45) is 5.73 Å². The zero-order chi connectivity index (χ0) is 14.9. The Hall–Kier alpha value is -1.41. The number of hydrogen-bond acceptors (Lipinski definition) is 3. The molecule has 0 bridgehead atoms. The minimum Gasteiger partial charge on any atom is -0.366 e. The molecule has 0 spiro atoms. The van der Waals surface area contributed by atoms with Gasteiger partial charge >= 0.3 is 0 Å². The molecule has 0 unspecified atom stereocenters. The van der Waals surface area contributed by atoms with Crippen LogP contribution in [-0.4, -0.2) is 15.5 Å². The Morgan fingerprint density at radius 3 is 2.80 bits per heavy atom. The van der Waals surface area contributed by atoms with E-state index in [9.17, 15) is 9.59 Å². The van der Waals surface area contributed by atoms with Crippen LogP contribution in [-0.2, 0) is 6.54 Å². The van der Waals surface area contributed by atoms with Gasteiger partial charge in [-0.3, -0.25) is 14.2 Å². The second-order valence-electron chi connectivity index (χ2n) is 4.25. The number of nitrogens with zero attached hydrogens (tertiary/aromatic N) is 2. The predicted octanol–water partition coefficient (Wildman–Crippen LogP) is 1.96. The van der Waals surface area contributed by atoms with Crippen LogP contribution < -0.4 is 11.3 Å². The number of rotatable bonds is 3. The molecule has 5 nitrogen and oxygen atoms in total. The van der Waals surface area contributed by atoms with Gasteiger partial charge in [0.1, 0.15) is 0 Å². The van der Waals surface area contributed by atoms with Gasteiger partial charge in [0.2, 0.25) is 5.91 Å². The van der Waals surface area contributed by atoms with Gasteiger partial charge in [-0.15, -0.1) is 0 Å². The molecule has 1 aromatic carbocycles. The fraction of sp³-hybridized carbons (Fsp3) is 0.154. The van der Waals surface area contributed by atoms with Crippen molar-refractivity contribution < 1.29 is 4.79 Å². The minimum atomic E-state index is -0.540. The number of halogens is 2. The van der Waals surface area contributed by atoms with Crippen LogP contribution in [0, 0.1) is 10.5 Å². The quantitative estimate of drug-likeness (QED) is 0.796. The normalized spacial score (nSPS) is 10.6. The van der Waals surface area contributed by atoms with Crippen LogP contribution in [0.2, 0.25) is 5.02 Å². The van der Waals surface area contributed by atoms with Crippen LogP contribution in [0.4, 0.5) is 0 Å². The van der Waals surface area contributed by atoms with Crippen molar-refractivity contribution in [2.75, 3.05) is 0 Å². The first kappa shape index (κ1) is 15.0. The Morgan fingerprint density at radius 2 is 2.20 bits per heavy atom. The summed E-state index contributed by atoms with van der Waals surface area (Å²) < 4.78 is 2.05. The summed E-state index contributed by atoms with van der Waals surface area (Å²) in [5.41, 5.74) is 6.82. The highest BCUT2D eigenvalue weighted by atomic mass is 127. The third kappa shape index (κ3) is 3.01. The number of carbonyl (C=O) groups excluding carboxylic acids is 1. The number of primary amides is 1. The fourth-order valence-electron chi connectivity index (χ4n) is 1.67. The van der Waals surface area contributed by atoms with Crippen LogP contribution in [0.15, 0.2) is 29.3 Å². The summed E-state index contributed by atoms with van der Waals surface area (Å²) in [6.45, 7) is 2.07. The molecule has 1 amide bonds. The number of nitrogens with two attached hydrogens (primary N) is 1. The van der Waals surface area contributed by atoms with Gasteiger partial charge in [0.05, 0.1) is 22.1 Å². The van der Waals surface area contributed by atoms with Crippen LogP contribution in [0.25, 0.3) is 0 Å². The maximum atomic E-state index is 12.1. The van der Waals surface area contributed by atoms with Crippen LogP contribution in [0.1, 0.15) is 21.6 Å². The lowest BCUT2D eigenvalue weighted by molar-refractivity contribution is 0.100. The molecule has 0 saturated carbocycles. The van der Waals surface area contributed by atoms with Gasteiger partial charge in [-0.1, -0.05) is 17.7 Å². The first-order chi connectivity index (χ1) is 9.40. The van der Waals surface area contributed by atoms with Crippen LogP contribution in [0.3, 0.4) is 0 Å². The molecule has 104 valence electrons. The Bertz CT molecular complexity index is 743. The molecule has 0 aliphatic carbocycles. The molecule has 2 aromatic rings. The van der Waals surface area contributed by atoms with Crippen molar-refractivity contribution in [3.8, 4) is 0 Å². The summed E-state index contributed by atoms with van der Waals surface area (Å²) in [6, 6.07) is 4.76. The zero-order valence-corrected chi connectivity index (χ0v) is 13.5. The molecule has 0 fully saturated rings. The zero-order valence-electron chi connectivity index (χ0n) is 10.6. The summed E-state index contributed by atoms with van der Waals surface area (Å²) in [6.07, 6.45) is 1.48. The van der Waals surface area contributed by atoms with E-state index in [1.54, 1.807) is 19.1 Å². The second kappa shape index (κ2) is 5.92. The van der Waals surface area contributed by atoms with E-state index in [0.717, 1.165) is 5.56 Å². The summed E-state index contributed by atoms with van der Waals surface area (Å²) in [5.74, 6) is -0.540. The topological polar surface area (TPSA) is 78.0 Å². The first-order valence-corrected chi connectivity index (χ1v) is 7.15. The van der Waals surface area contributed by atoms with Crippen molar-refractivity contribution in [3.05, 3.63) is 60.3 Å². The van der Waals surface area contributed by atoms with Gasteiger partial charge in [-0.05, 0) is 47.2 Å². The van der Waals surface area contributed by atoms with Crippen molar-refractivity contribution >= 4 is 40.1 Å². The van der Waals surface area contributed by atoms with Gasteiger partial charge in [0.15, 0.2) is 0 Å². The number of carbonyl (C=O) groups is 1. The van der Waals surface area contributed by atoms with Crippen molar-refractivity contribution in [2.45, 2.75) is 13.5 Å². The molecule has 0 aliphatic heterocycles. The number of aryl methyl sites for hydroxylation is 1. The van der Waals surface area contributed by atoms with E-state index < -0.39 is 5.91 Å². The molecule has 0 aliphatic rings. The van der Waals surface area contributed by atoms with E-state index in [1.165, 1.54) is 17.0 Å². The van der Waals surface area contributed by atoms with Crippen molar-refractivity contribution in [1.29, 1.82) is 0 Å². The third-order valence-corrected chi connectivity index (χ3v) is 4.43. The minimum absolute atomic E-state index is 0.117. The summed E-state index contributed by atoms with van der Waals surface area (Å²) in [5, 5.41) is 0.392. The van der Waals surface area contributed by atoms with Gasteiger partial charge in [0, 0.05) is 10.6 Å². The highest BCUT2D eigenvalue weighted by Crippen LogP contribution is 2.18. The standard InChI is InChI=1S/C13H11ClIN3O2/c1-7-11(15)13(20)18(6-17-7)5-9-3-2-8(12(16)19)4-10(9)14/h2-4,6H,5H2,1H3,(H2,16,19). The van der Waals surface area contributed by atoms with Crippen molar-refractivity contribution in [1.82, 2.24) is 9.55 Å². The van der Waals surface area contributed by atoms with Gasteiger partial charge in [-0.2, -0.15) is 0 Å². The van der Waals surface area contributed by atoms with Crippen LogP contribution >= 0.6 is 34.2 Å². The molecular weight excluding hydrogens is 393 g/mol. The maximum Gasteiger partial charge on any atom is 0.267 e. The fourth-order valence-corrected chi connectivity index (χ4v) is 2.36. The summed E-state index contributed by atoms with van der Waals surface area (Å²) in [7, 11) is 0. The highest BCUT2D eigenvalue weighted by molar-refractivity contribution is 14.1. The van der Waals surface area contributed by atoms with Gasteiger partial charge in [-0.25, -0.2) is 4.98 Å². The Balaban J connectivity index is 2.38. The second-order valence-corrected chi connectivity index (χ2v) is 5.73. The predicted molar refractivity (Wildman–Crippen MR) is 85.0 cm³/mol. The number of amides is 1. The average Bonchev–Trinajstić information content (AvgIpc) is 2.41. The number of aromatic nitrogens is 2. The molecule has 20 heavy (non-hydrogen) atoms. The molecule has 0 atom stereocenters. The molecule has 2 N–H and O–H groups in total. The Labute approximate surface area is 133 Å². The van der Waals surface area contributed by atoms with E-state index in [0.29, 0.717) is 26.4 Å². The summed E-state index contributed by atoms with van der Waals surface area (Å²) >= 11 is 8.07. The molecular formula is C13H11ClIN3O2. The van der Waals surface area contributed by atoms with Gasteiger partial charge < -0.3 is 5.73 Å². The van der Waals surface area contributed by atoms with Crippen molar-refractivity contribution in [3.63, 3.8) is 0 Å². The van der Waals surface area contributed by atoms with E-state index in [-0.39, 0.29) is 5.56 Å². The maximum absolute atomic E-state index is 12.1. The Morgan fingerprint density at radius 1 is 1.50 bits per heavy atom. The summed E-state index contributed by atoms with van der Waals surface area (Å²) in [4.78, 5) is 27.3. The van der Waals surface area contributed by atoms with Gasteiger partial charge in [0.25, 0.3) is 5.56 Å². The lowest BCUT2D eigenvalue weighted by Crippen LogP contribution is -2.24. The molecule has 1 heterocycles. The monoisotopic (exact) mass is 403 g/mol. The SMILES string of the molecule is Cc1ncn(Cc2ccc(C(N)=O)cc2Cl)c(=O)c1I. The van der Waals surface area contributed by atoms with E-state index in [2.05, 4.69) is 4.98 Å². The van der Waals surface area contributed by atoms with E-state index in [4.69, 9.17) is 17.3 Å². The third-order valence-electron chi connectivity index (χ3n) is 2.84. The molecule has 2 rings (SSSR count). The average molecular weight is 404 g/mol. The smallest absolute Gasteiger partial charge is 0.267 e. The largest absolute Gasteiger partial charge is 0.366 e. The van der Waals surface area contributed by atoms with E-state index >= 15 is 0 Å². The van der Waals surface area contributed by atoms with Crippen LogP contribution in [0.5, 0.6) is 0 Å². The number of benzene rings is 1. The lowest BCUT2D eigenvalue weighted by atomic mass is 10.1.